The van der Waals surface area contributed by atoms with Gasteiger partial charge in [-0.3, -0.25) is 34.2 Å². The van der Waals surface area contributed by atoms with E-state index in [4.69, 9.17) is 9.47 Å². The highest BCUT2D eigenvalue weighted by atomic mass is 16.5. The molecule has 1 saturated heterocycles. The highest BCUT2D eigenvalue weighted by Gasteiger charge is 2.56. The average Bonchev–Trinajstić information content (AvgIpc) is 2.89. The minimum atomic E-state index is -1.30. The van der Waals surface area contributed by atoms with Crippen LogP contribution in [0.1, 0.15) is 29.2 Å². The molecule has 3 aromatic heterocycles. The predicted molar refractivity (Wildman–Crippen MR) is 120 cm³/mol. The molecule has 4 atom stereocenters. The van der Waals surface area contributed by atoms with Crippen LogP contribution in [0.25, 0.3) is 0 Å². The Morgan fingerprint density at radius 1 is 0.765 bits per heavy atom. The summed E-state index contributed by atoms with van der Waals surface area (Å²) in [5.74, 6) is -4.69. The second-order valence-electron chi connectivity index (χ2n) is 7.80. The van der Waals surface area contributed by atoms with E-state index in [9.17, 15) is 14.4 Å². The van der Waals surface area contributed by atoms with E-state index in [0.717, 1.165) is 0 Å². The Labute approximate surface area is 196 Å². The largest absolute Gasteiger partial charge is 0.468 e. The lowest BCUT2D eigenvalue weighted by molar-refractivity contribution is -0.169. The number of Topliss-reactive ketones (excluding diaryl/α,β-unsaturated/α-hetero) is 1. The molecular formula is C25H24N4O5. The SMILES string of the molecule is COC(=O)C1C(=O)C(C(=O)OC)[C@H](c2ccccn2)N(Cc2ccccn2)[C@@H]1c1ccccn1. The number of carbonyl (C=O) groups is 3. The number of aromatic nitrogens is 3. The summed E-state index contributed by atoms with van der Waals surface area (Å²) in [5.41, 5.74) is 1.67. The molecular weight excluding hydrogens is 436 g/mol. The van der Waals surface area contributed by atoms with E-state index in [1.54, 1.807) is 61.1 Å². The van der Waals surface area contributed by atoms with Crippen molar-refractivity contribution in [2.24, 2.45) is 11.8 Å². The molecule has 0 spiro atoms. The van der Waals surface area contributed by atoms with Gasteiger partial charge in [-0.05, 0) is 36.4 Å². The third kappa shape index (κ3) is 4.42. The first-order valence-corrected chi connectivity index (χ1v) is 10.7. The second-order valence-corrected chi connectivity index (χ2v) is 7.80. The van der Waals surface area contributed by atoms with Crippen molar-refractivity contribution in [2.45, 2.75) is 18.6 Å². The van der Waals surface area contributed by atoms with Gasteiger partial charge in [0.15, 0.2) is 5.78 Å². The van der Waals surface area contributed by atoms with Crippen LogP contribution < -0.4 is 0 Å². The number of ether oxygens (including phenoxy) is 2. The fourth-order valence-corrected chi connectivity index (χ4v) is 4.46. The highest BCUT2D eigenvalue weighted by Crippen LogP contribution is 2.47. The van der Waals surface area contributed by atoms with Crippen molar-refractivity contribution in [3.8, 4) is 0 Å². The number of esters is 2. The standard InChI is InChI=1S/C25H24N4O5/c1-33-24(31)19-21(17-10-4-7-13-27-17)29(15-16-9-3-6-12-26-16)22(18-11-5-8-14-28-18)20(23(19)30)25(32)34-2/h3-14,19-22H,15H2,1-2H3/t19?,20?,21-,22+. The third-order valence-electron chi connectivity index (χ3n) is 5.92. The van der Waals surface area contributed by atoms with Crippen molar-refractivity contribution in [2.75, 3.05) is 14.2 Å². The molecule has 4 heterocycles. The summed E-state index contributed by atoms with van der Waals surface area (Å²) in [6.07, 6.45) is 4.84. The minimum Gasteiger partial charge on any atom is -0.468 e. The fourth-order valence-electron chi connectivity index (χ4n) is 4.46. The van der Waals surface area contributed by atoms with Gasteiger partial charge >= 0.3 is 11.9 Å². The molecule has 0 radical (unpaired) electrons. The first kappa shape index (κ1) is 23.2. The summed E-state index contributed by atoms with van der Waals surface area (Å²) in [4.78, 5) is 55.0. The molecule has 0 saturated carbocycles. The van der Waals surface area contributed by atoms with Crippen LogP contribution in [-0.4, -0.2) is 51.8 Å². The monoisotopic (exact) mass is 460 g/mol. The van der Waals surface area contributed by atoms with Crippen LogP contribution in [0.3, 0.4) is 0 Å². The molecule has 9 heteroatoms. The predicted octanol–water partition coefficient (Wildman–Crippen LogP) is 2.32. The molecule has 1 fully saturated rings. The fraction of sp³-hybridized carbons (Fsp3) is 0.280. The zero-order chi connectivity index (χ0) is 24.1. The Bertz CT molecular complexity index is 1070. The molecule has 3 aromatic rings. The van der Waals surface area contributed by atoms with Gasteiger partial charge in [0.25, 0.3) is 0 Å². The summed E-state index contributed by atoms with van der Waals surface area (Å²) in [6, 6.07) is 14.4. The van der Waals surface area contributed by atoms with Crippen molar-refractivity contribution in [3.63, 3.8) is 0 Å². The van der Waals surface area contributed by atoms with Crippen molar-refractivity contribution >= 4 is 17.7 Å². The number of methoxy groups -OCH3 is 2. The summed E-state index contributed by atoms with van der Waals surface area (Å²) < 4.78 is 10.0. The number of nitrogens with zero attached hydrogens (tertiary/aromatic N) is 4. The Morgan fingerprint density at radius 3 is 1.62 bits per heavy atom. The number of likely N-dealkylation sites (tertiary alicyclic amines) is 1. The van der Waals surface area contributed by atoms with Crippen molar-refractivity contribution in [3.05, 3.63) is 90.3 Å². The first-order chi connectivity index (χ1) is 16.6. The zero-order valence-corrected chi connectivity index (χ0v) is 18.8. The summed E-state index contributed by atoms with van der Waals surface area (Å²) >= 11 is 0. The van der Waals surface area contributed by atoms with Gasteiger partial charge in [0.1, 0.15) is 11.8 Å². The van der Waals surface area contributed by atoms with Crippen molar-refractivity contribution < 1.29 is 23.9 Å². The van der Waals surface area contributed by atoms with E-state index >= 15 is 0 Å². The van der Waals surface area contributed by atoms with E-state index in [1.165, 1.54) is 14.2 Å². The van der Waals surface area contributed by atoms with E-state index in [1.807, 2.05) is 17.0 Å². The van der Waals surface area contributed by atoms with Gasteiger partial charge in [-0.1, -0.05) is 18.2 Å². The van der Waals surface area contributed by atoms with Crippen molar-refractivity contribution in [1.82, 2.24) is 19.9 Å². The van der Waals surface area contributed by atoms with Crippen LogP contribution >= 0.6 is 0 Å². The maximum atomic E-state index is 13.8. The molecule has 1 aliphatic rings. The molecule has 0 N–H and O–H groups in total. The van der Waals surface area contributed by atoms with Crippen LogP contribution in [0, 0.1) is 11.8 Å². The molecule has 0 aromatic carbocycles. The Balaban J connectivity index is 1.96. The van der Waals surface area contributed by atoms with Gasteiger partial charge in [0.05, 0.1) is 43.4 Å². The van der Waals surface area contributed by atoms with E-state index in [-0.39, 0.29) is 6.54 Å². The maximum Gasteiger partial charge on any atom is 0.318 e. The van der Waals surface area contributed by atoms with Gasteiger partial charge in [0.2, 0.25) is 0 Å². The Kier molecular flexibility index (Phi) is 7.03. The maximum absolute atomic E-state index is 13.8. The normalized spacial score (nSPS) is 22.7. The first-order valence-electron chi connectivity index (χ1n) is 10.7. The van der Waals surface area contributed by atoms with Gasteiger partial charge in [-0.15, -0.1) is 0 Å². The van der Waals surface area contributed by atoms with Crippen LogP contribution in [0.4, 0.5) is 0 Å². The number of hydrogen-bond donors (Lipinski definition) is 0. The summed E-state index contributed by atoms with van der Waals surface area (Å²) in [7, 11) is 2.43. The number of hydrogen-bond acceptors (Lipinski definition) is 9. The van der Waals surface area contributed by atoms with Gasteiger partial charge in [-0.25, -0.2) is 0 Å². The summed E-state index contributed by atoms with van der Waals surface area (Å²) in [6.45, 7) is 0.220. The Morgan fingerprint density at radius 2 is 1.24 bits per heavy atom. The smallest absolute Gasteiger partial charge is 0.318 e. The number of carbonyl (C=O) groups excluding carboxylic acids is 3. The number of ketones is 1. The van der Waals surface area contributed by atoms with Crippen molar-refractivity contribution in [1.29, 1.82) is 0 Å². The molecule has 0 aliphatic carbocycles. The Hall–Kier alpha value is -3.98. The van der Waals surface area contributed by atoms with E-state index in [0.29, 0.717) is 17.1 Å². The molecule has 34 heavy (non-hydrogen) atoms. The van der Waals surface area contributed by atoms with E-state index in [2.05, 4.69) is 15.0 Å². The highest BCUT2D eigenvalue weighted by molar-refractivity contribution is 6.10. The number of pyridine rings is 3. The number of rotatable bonds is 6. The molecule has 0 amide bonds. The zero-order valence-electron chi connectivity index (χ0n) is 18.8. The lowest BCUT2D eigenvalue weighted by atomic mass is 9.74. The molecule has 174 valence electrons. The lowest BCUT2D eigenvalue weighted by Gasteiger charge is -2.46. The minimum absolute atomic E-state index is 0.220. The molecule has 0 bridgehead atoms. The topological polar surface area (TPSA) is 112 Å². The lowest BCUT2D eigenvalue weighted by Crippen LogP contribution is -2.55. The van der Waals surface area contributed by atoms with Gasteiger partial charge in [-0.2, -0.15) is 0 Å². The van der Waals surface area contributed by atoms with Crippen LogP contribution in [0.2, 0.25) is 0 Å². The van der Waals surface area contributed by atoms with Gasteiger partial charge in [0, 0.05) is 25.1 Å². The summed E-state index contributed by atoms with van der Waals surface area (Å²) in [5, 5.41) is 0. The second kappa shape index (κ2) is 10.3. The molecule has 9 nitrogen and oxygen atoms in total. The molecule has 4 rings (SSSR count). The average molecular weight is 460 g/mol. The molecule has 1 aliphatic heterocycles. The van der Waals surface area contributed by atoms with Crippen LogP contribution in [0.15, 0.2) is 73.2 Å². The van der Waals surface area contributed by atoms with Gasteiger partial charge < -0.3 is 9.47 Å². The van der Waals surface area contributed by atoms with E-state index < -0.39 is 41.6 Å². The third-order valence-corrected chi connectivity index (χ3v) is 5.92. The quantitative estimate of drug-likeness (QED) is 0.404. The molecule has 2 unspecified atom stereocenters. The van der Waals surface area contributed by atoms with Crippen LogP contribution in [0.5, 0.6) is 0 Å². The number of piperidine rings is 1. The van der Waals surface area contributed by atoms with Crippen LogP contribution in [-0.2, 0) is 30.4 Å².